The number of sulfone groups is 1. The van der Waals surface area contributed by atoms with Gasteiger partial charge in [0.15, 0.2) is 15.8 Å². The van der Waals surface area contributed by atoms with E-state index in [-0.39, 0.29) is 36.3 Å². The summed E-state index contributed by atoms with van der Waals surface area (Å²) in [5.41, 5.74) is 3.12. The van der Waals surface area contributed by atoms with E-state index in [1.54, 1.807) is 17.9 Å². The largest absolute Gasteiger partial charge is 0.352 e. The molecule has 0 aliphatic heterocycles. The van der Waals surface area contributed by atoms with E-state index in [0.717, 1.165) is 17.5 Å². The van der Waals surface area contributed by atoms with Gasteiger partial charge in [-0.3, -0.25) is 4.99 Å². The van der Waals surface area contributed by atoms with E-state index >= 15 is 0 Å². The fraction of sp³-hybridized carbons (Fsp3) is 0.238. The lowest BCUT2D eigenvalue weighted by molar-refractivity contribution is 0.599. The molecular weight excluding hydrogens is 532 g/mol. The number of nitrogens with zero attached hydrogens (tertiary/aromatic N) is 3. The molecule has 0 radical (unpaired) electrons. The van der Waals surface area contributed by atoms with Crippen LogP contribution in [0.15, 0.2) is 65.9 Å². The van der Waals surface area contributed by atoms with E-state index in [1.807, 2.05) is 36.5 Å². The molecule has 0 unspecified atom stereocenters. The molecule has 0 spiro atoms. The van der Waals surface area contributed by atoms with Gasteiger partial charge in [0.1, 0.15) is 5.82 Å². The van der Waals surface area contributed by atoms with Crippen molar-refractivity contribution in [3.8, 4) is 5.69 Å². The van der Waals surface area contributed by atoms with Crippen molar-refractivity contribution in [1.29, 1.82) is 0 Å². The molecule has 2 N–H and O–H groups in total. The molecule has 166 valence electrons. The highest BCUT2D eigenvalue weighted by molar-refractivity contribution is 14.0. The maximum Gasteiger partial charge on any atom is 0.191 e. The highest BCUT2D eigenvalue weighted by atomic mass is 127. The Morgan fingerprint density at radius 2 is 1.87 bits per heavy atom. The van der Waals surface area contributed by atoms with Crippen molar-refractivity contribution in [1.82, 2.24) is 20.4 Å². The van der Waals surface area contributed by atoms with Gasteiger partial charge in [0.05, 0.1) is 11.4 Å². The Hall–Kier alpha value is -2.47. The van der Waals surface area contributed by atoms with Crippen molar-refractivity contribution in [3.63, 3.8) is 0 Å². The summed E-state index contributed by atoms with van der Waals surface area (Å²) in [6.07, 6.45) is 4.76. The Balaban J connectivity index is 0.00000341. The summed E-state index contributed by atoms with van der Waals surface area (Å²) in [4.78, 5) is 4.18. The fourth-order valence-corrected chi connectivity index (χ4v) is 3.84. The van der Waals surface area contributed by atoms with Crippen molar-refractivity contribution in [2.75, 3.05) is 13.3 Å². The molecule has 0 aliphatic rings. The Kier molecular flexibility index (Phi) is 8.99. The van der Waals surface area contributed by atoms with Gasteiger partial charge < -0.3 is 10.6 Å². The normalized spacial score (nSPS) is 11.6. The quantitative estimate of drug-likeness (QED) is 0.265. The predicted molar refractivity (Wildman–Crippen MR) is 131 cm³/mol. The van der Waals surface area contributed by atoms with Crippen LogP contribution in [0, 0.1) is 5.82 Å². The third-order valence-corrected chi connectivity index (χ3v) is 5.23. The predicted octanol–water partition coefficient (Wildman–Crippen LogP) is 3.04. The number of rotatable bonds is 7. The monoisotopic (exact) mass is 557 g/mol. The second kappa shape index (κ2) is 11.2. The summed E-state index contributed by atoms with van der Waals surface area (Å²) < 4.78 is 38.8. The van der Waals surface area contributed by atoms with Gasteiger partial charge in [-0.1, -0.05) is 18.2 Å². The molecule has 1 aromatic heterocycles. The fourth-order valence-electron chi connectivity index (χ4n) is 3.00. The first-order valence-electron chi connectivity index (χ1n) is 9.32. The van der Waals surface area contributed by atoms with Gasteiger partial charge in [0.25, 0.3) is 0 Å². The van der Waals surface area contributed by atoms with E-state index < -0.39 is 15.7 Å². The summed E-state index contributed by atoms with van der Waals surface area (Å²) in [6, 6.07) is 13.9. The van der Waals surface area contributed by atoms with Crippen LogP contribution in [-0.4, -0.2) is 37.5 Å². The molecule has 0 atom stereocenters. The standard InChI is InChI=1S/C21H24FN5O2S.HI/c1-23-21(24-13-16-5-3-6-20(11-16)27-10-4-9-26-27)25-14-18-12-19(22)8-7-17(18)15-30(2,28)29;/h3-12H,13-15H2,1-2H3,(H2,23,24,25);1H. The number of aromatic nitrogens is 2. The maximum absolute atomic E-state index is 13.7. The van der Waals surface area contributed by atoms with Crippen LogP contribution in [0.2, 0.25) is 0 Å². The van der Waals surface area contributed by atoms with E-state index in [9.17, 15) is 12.8 Å². The minimum atomic E-state index is -3.23. The zero-order valence-electron chi connectivity index (χ0n) is 17.2. The Morgan fingerprint density at radius 3 is 2.55 bits per heavy atom. The van der Waals surface area contributed by atoms with E-state index in [2.05, 4.69) is 20.7 Å². The minimum absolute atomic E-state index is 0. The van der Waals surface area contributed by atoms with E-state index in [1.165, 1.54) is 18.2 Å². The minimum Gasteiger partial charge on any atom is -0.352 e. The first-order valence-corrected chi connectivity index (χ1v) is 11.4. The molecule has 3 aromatic rings. The van der Waals surface area contributed by atoms with Crippen LogP contribution in [0.4, 0.5) is 4.39 Å². The summed E-state index contributed by atoms with van der Waals surface area (Å²) in [6.45, 7) is 0.768. The van der Waals surface area contributed by atoms with Gasteiger partial charge in [-0.05, 0) is 47.0 Å². The van der Waals surface area contributed by atoms with Gasteiger partial charge in [-0.15, -0.1) is 24.0 Å². The second-order valence-electron chi connectivity index (χ2n) is 6.88. The van der Waals surface area contributed by atoms with Crippen molar-refractivity contribution >= 4 is 39.8 Å². The highest BCUT2D eigenvalue weighted by Gasteiger charge is 2.11. The van der Waals surface area contributed by atoms with Crippen LogP contribution in [0.25, 0.3) is 5.69 Å². The zero-order chi connectivity index (χ0) is 21.6. The molecule has 0 amide bonds. The van der Waals surface area contributed by atoms with Crippen LogP contribution in [-0.2, 0) is 28.7 Å². The van der Waals surface area contributed by atoms with Gasteiger partial charge >= 0.3 is 0 Å². The number of benzene rings is 2. The number of hydrogen-bond acceptors (Lipinski definition) is 4. The molecular formula is C21H25FIN5O2S. The number of aliphatic imine (C=N–C) groups is 1. The van der Waals surface area contributed by atoms with Crippen molar-refractivity contribution in [2.45, 2.75) is 18.8 Å². The van der Waals surface area contributed by atoms with Crippen molar-refractivity contribution < 1.29 is 12.8 Å². The molecule has 1 heterocycles. The molecule has 10 heteroatoms. The third kappa shape index (κ3) is 7.62. The lowest BCUT2D eigenvalue weighted by atomic mass is 10.1. The summed E-state index contributed by atoms with van der Waals surface area (Å²) in [5.74, 6) is -0.0345. The van der Waals surface area contributed by atoms with Crippen molar-refractivity contribution in [2.24, 2.45) is 4.99 Å². The average Bonchev–Trinajstić information content (AvgIpc) is 3.24. The molecule has 0 saturated heterocycles. The number of halogens is 2. The summed E-state index contributed by atoms with van der Waals surface area (Å²) in [7, 11) is -1.59. The Bertz CT molecular complexity index is 1130. The van der Waals surface area contributed by atoms with Crippen molar-refractivity contribution in [3.05, 3.63) is 83.4 Å². The first-order chi connectivity index (χ1) is 14.3. The Morgan fingerprint density at radius 1 is 1.10 bits per heavy atom. The van der Waals surface area contributed by atoms with Gasteiger partial charge in [-0.25, -0.2) is 17.5 Å². The molecule has 0 fully saturated rings. The number of guanidine groups is 1. The highest BCUT2D eigenvalue weighted by Crippen LogP contribution is 2.14. The molecule has 0 bridgehead atoms. The maximum atomic E-state index is 13.7. The molecule has 3 rings (SSSR count). The van der Waals surface area contributed by atoms with E-state index in [0.29, 0.717) is 23.6 Å². The molecule has 2 aromatic carbocycles. The number of hydrogen-bond donors (Lipinski definition) is 2. The molecule has 31 heavy (non-hydrogen) atoms. The average molecular weight is 557 g/mol. The number of nitrogens with one attached hydrogen (secondary N) is 2. The molecule has 7 nitrogen and oxygen atoms in total. The van der Waals surface area contributed by atoms with Gasteiger partial charge in [-0.2, -0.15) is 5.10 Å². The van der Waals surface area contributed by atoms with Crippen LogP contribution in [0.5, 0.6) is 0 Å². The van der Waals surface area contributed by atoms with Gasteiger partial charge in [0, 0.05) is 38.8 Å². The third-order valence-electron chi connectivity index (χ3n) is 4.40. The lowest BCUT2D eigenvalue weighted by Crippen LogP contribution is -2.36. The summed E-state index contributed by atoms with van der Waals surface area (Å²) >= 11 is 0. The second-order valence-corrected chi connectivity index (χ2v) is 9.02. The SMILES string of the molecule is CN=C(NCc1cccc(-n2cccn2)c1)NCc1cc(F)ccc1CS(C)(=O)=O.I. The topological polar surface area (TPSA) is 88.4 Å². The van der Waals surface area contributed by atoms with Gasteiger partial charge in [0.2, 0.25) is 0 Å². The van der Waals surface area contributed by atoms with Crippen LogP contribution < -0.4 is 10.6 Å². The Labute approximate surface area is 198 Å². The first kappa shape index (κ1) is 24.8. The lowest BCUT2D eigenvalue weighted by Gasteiger charge is -2.15. The smallest absolute Gasteiger partial charge is 0.191 e. The van der Waals surface area contributed by atoms with Crippen LogP contribution in [0.1, 0.15) is 16.7 Å². The molecule has 0 aliphatic carbocycles. The van der Waals surface area contributed by atoms with E-state index in [4.69, 9.17) is 0 Å². The summed E-state index contributed by atoms with van der Waals surface area (Å²) in [5, 5.41) is 10.5. The van der Waals surface area contributed by atoms with Crippen LogP contribution >= 0.6 is 24.0 Å². The zero-order valence-corrected chi connectivity index (χ0v) is 20.4. The molecule has 0 saturated carbocycles. The van der Waals surface area contributed by atoms with Crippen LogP contribution in [0.3, 0.4) is 0 Å².